The Morgan fingerprint density at radius 1 is 1.11 bits per heavy atom. The average molecular weight is 242 g/mol. The molecule has 0 unspecified atom stereocenters. The van der Waals surface area contributed by atoms with Crippen LogP contribution in [0.25, 0.3) is 10.9 Å². The number of fused-ring (bicyclic) bond motifs is 1. The van der Waals surface area contributed by atoms with Crippen LogP contribution in [0.2, 0.25) is 0 Å². The van der Waals surface area contributed by atoms with Gasteiger partial charge in [0.2, 0.25) is 0 Å². The highest BCUT2D eigenvalue weighted by molar-refractivity contribution is 5.80. The van der Waals surface area contributed by atoms with Crippen LogP contribution in [0.15, 0.2) is 30.3 Å². The molecule has 1 aromatic heterocycles. The normalized spacial score (nSPS) is 17.1. The standard InChI is InChI=1S/C15H18N2O/c18-15-10-12-6-2-3-7-13(12)16-14(15)11-17-8-4-1-5-9-17/h2-3,6-7,10,18H,1,4-5,8-9,11H2. The van der Waals surface area contributed by atoms with Crippen molar-refractivity contribution < 1.29 is 5.11 Å². The van der Waals surface area contributed by atoms with Gasteiger partial charge in [-0.3, -0.25) is 4.90 Å². The molecular weight excluding hydrogens is 224 g/mol. The lowest BCUT2D eigenvalue weighted by Gasteiger charge is -2.26. The first-order chi connectivity index (χ1) is 8.83. The van der Waals surface area contributed by atoms with Crippen molar-refractivity contribution in [1.82, 2.24) is 9.88 Å². The molecule has 0 radical (unpaired) electrons. The second kappa shape index (κ2) is 4.94. The third-order valence-corrected chi connectivity index (χ3v) is 3.60. The van der Waals surface area contributed by atoms with Gasteiger partial charge >= 0.3 is 0 Å². The van der Waals surface area contributed by atoms with Gasteiger partial charge < -0.3 is 5.11 Å². The van der Waals surface area contributed by atoms with Crippen LogP contribution in [0.3, 0.4) is 0 Å². The summed E-state index contributed by atoms with van der Waals surface area (Å²) in [5.41, 5.74) is 1.76. The van der Waals surface area contributed by atoms with Crippen LogP contribution >= 0.6 is 0 Å². The Kier molecular flexibility index (Phi) is 3.15. The molecule has 1 aliphatic rings. The third kappa shape index (κ3) is 2.31. The Bertz CT molecular complexity index is 547. The fraction of sp³-hybridized carbons (Fsp3) is 0.400. The van der Waals surface area contributed by atoms with Crippen molar-refractivity contribution in [3.63, 3.8) is 0 Å². The maximum atomic E-state index is 10.1. The number of hydrogen-bond donors (Lipinski definition) is 1. The number of rotatable bonds is 2. The van der Waals surface area contributed by atoms with Gasteiger partial charge in [0, 0.05) is 11.9 Å². The van der Waals surface area contributed by atoms with E-state index in [2.05, 4.69) is 9.88 Å². The molecule has 0 saturated carbocycles. The molecule has 0 atom stereocenters. The minimum atomic E-state index is 0.319. The highest BCUT2D eigenvalue weighted by Gasteiger charge is 2.14. The third-order valence-electron chi connectivity index (χ3n) is 3.60. The van der Waals surface area contributed by atoms with E-state index in [0.717, 1.165) is 36.2 Å². The molecule has 3 rings (SSSR count). The topological polar surface area (TPSA) is 36.4 Å². The SMILES string of the molecule is Oc1cc2ccccc2nc1CN1CCCCC1. The summed E-state index contributed by atoms with van der Waals surface area (Å²) in [5, 5.41) is 11.0. The number of aromatic hydroxyl groups is 1. The van der Waals surface area contributed by atoms with E-state index in [1.165, 1.54) is 19.3 Å². The van der Waals surface area contributed by atoms with Gasteiger partial charge in [0.1, 0.15) is 5.75 Å². The smallest absolute Gasteiger partial charge is 0.139 e. The molecule has 2 aromatic rings. The largest absolute Gasteiger partial charge is 0.506 e. The van der Waals surface area contributed by atoms with E-state index in [1.807, 2.05) is 30.3 Å². The van der Waals surface area contributed by atoms with Gasteiger partial charge in [-0.1, -0.05) is 24.6 Å². The summed E-state index contributed by atoms with van der Waals surface area (Å²) in [7, 11) is 0. The summed E-state index contributed by atoms with van der Waals surface area (Å²) in [4.78, 5) is 6.95. The van der Waals surface area contributed by atoms with Crippen molar-refractivity contribution in [2.45, 2.75) is 25.8 Å². The molecule has 0 spiro atoms. The number of pyridine rings is 1. The van der Waals surface area contributed by atoms with Crippen LogP contribution in [0.4, 0.5) is 0 Å². The Morgan fingerprint density at radius 2 is 1.89 bits per heavy atom. The number of benzene rings is 1. The highest BCUT2D eigenvalue weighted by Crippen LogP contribution is 2.23. The van der Waals surface area contributed by atoms with E-state index in [1.54, 1.807) is 0 Å². The molecule has 1 saturated heterocycles. The van der Waals surface area contributed by atoms with Crippen LogP contribution in [-0.4, -0.2) is 28.1 Å². The lowest BCUT2D eigenvalue weighted by molar-refractivity contribution is 0.216. The van der Waals surface area contributed by atoms with Crippen molar-refractivity contribution in [3.8, 4) is 5.75 Å². The molecule has 94 valence electrons. The summed E-state index contributed by atoms with van der Waals surface area (Å²) in [6.45, 7) is 3.00. The van der Waals surface area contributed by atoms with Crippen molar-refractivity contribution in [3.05, 3.63) is 36.0 Å². The number of aromatic nitrogens is 1. The second-order valence-corrected chi connectivity index (χ2v) is 4.98. The molecule has 1 fully saturated rings. The zero-order chi connectivity index (χ0) is 12.4. The zero-order valence-corrected chi connectivity index (χ0v) is 10.5. The highest BCUT2D eigenvalue weighted by atomic mass is 16.3. The number of nitrogens with zero attached hydrogens (tertiary/aromatic N) is 2. The molecule has 0 amide bonds. The van der Waals surface area contributed by atoms with E-state index in [-0.39, 0.29) is 0 Å². The number of likely N-dealkylation sites (tertiary alicyclic amines) is 1. The first-order valence-corrected chi connectivity index (χ1v) is 6.63. The molecule has 1 aromatic carbocycles. The summed E-state index contributed by atoms with van der Waals surface area (Å²) >= 11 is 0. The van der Waals surface area contributed by atoms with Crippen LogP contribution in [-0.2, 0) is 6.54 Å². The van der Waals surface area contributed by atoms with Crippen LogP contribution in [0, 0.1) is 0 Å². The predicted octanol–water partition coefficient (Wildman–Crippen LogP) is 2.93. The molecule has 2 heterocycles. The first kappa shape index (κ1) is 11.5. The Morgan fingerprint density at radius 3 is 2.72 bits per heavy atom. The van der Waals surface area contributed by atoms with Crippen LogP contribution in [0.1, 0.15) is 25.0 Å². The van der Waals surface area contributed by atoms with E-state index < -0.39 is 0 Å². The Labute approximate surface area is 107 Å². The van der Waals surface area contributed by atoms with Crippen molar-refractivity contribution >= 4 is 10.9 Å². The average Bonchev–Trinajstić information content (AvgIpc) is 2.41. The molecule has 18 heavy (non-hydrogen) atoms. The van der Waals surface area contributed by atoms with Crippen molar-refractivity contribution in [1.29, 1.82) is 0 Å². The van der Waals surface area contributed by atoms with E-state index in [0.29, 0.717) is 5.75 Å². The zero-order valence-electron chi connectivity index (χ0n) is 10.5. The fourth-order valence-corrected chi connectivity index (χ4v) is 2.59. The quantitative estimate of drug-likeness (QED) is 0.879. The maximum absolute atomic E-state index is 10.1. The first-order valence-electron chi connectivity index (χ1n) is 6.63. The summed E-state index contributed by atoms with van der Waals surface area (Å²) < 4.78 is 0. The van der Waals surface area contributed by atoms with E-state index in [9.17, 15) is 5.11 Å². The predicted molar refractivity (Wildman–Crippen MR) is 72.5 cm³/mol. The van der Waals surface area contributed by atoms with E-state index in [4.69, 9.17) is 0 Å². The van der Waals surface area contributed by atoms with Gasteiger partial charge in [-0.05, 0) is 38.1 Å². The molecule has 3 nitrogen and oxygen atoms in total. The van der Waals surface area contributed by atoms with Gasteiger partial charge in [0.15, 0.2) is 0 Å². The molecular formula is C15H18N2O. The van der Waals surface area contributed by atoms with Gasteiger partial charge in [0.25, 0.3) is 0 Å². The van der Waals surface area contributed by atoms with Gasteiger partial charge in [-0.25, -0.2) is 4.98 Å². The fourth-order valence-electron chi connectivity index (χ4n) is 2.59. The maximum Gasteiger partial charge on any atom is 0.139 e. The van der Waals surface area contributed by atoms with Crippen molar-refractivity contribution in [2.24, 2.45) is 0 Å². The molecule has 1 aliphatic heterocycles. The summed E-state index contributed by atoms with van der Waals surface area (Å²) in [5.74, 6) is 0.319. The minimum absolute atomic E-state index is 0.319. The van der Waals surface area contributed by atoms with Crippen LogP contribution < -0.4 is 0 Å². The molecule has 0 aliphatic carbocycles. The Balaban J connectivity index is 1.88. The lowest BCUT2D eigenvalue weighted by atomic mass is 10.1. The number of hydrogen-bond acceptors (Lipinski definition) is 3. The summed E-state index contributed by atoms with van der Waals surface area (Å²) in [6.07, 6.45) is 3.84. The van der Waals surface area contributed by atoms with Crippen molar-refractivity contribution in [2.75, 3.05) is 13.1 Å². The number of para-hydroxylation sites is 1. The van der Waals surface area contributed by atoms with Crippen LogP contribution in [0.5, 0.6) is 5.75 Å². The molecule has 3 heteroatoms. The summed E-state index contributed by atoms with van der Waals surface area (Å²) in [6, 6.07) is 9.74. The van der Waals surface area contributed by atoms with E-state index >= 15 is 0 Å². The monoisotopic (exact) mass is 242 g/mol. The number of piperidine rings is 1. The molecule has 1 N–H and O–H groups in total. The minimum Gasteiger partial charge on any atom is -0.506 e. The Hall–Kier alpha value is -1.61. The van der Waals surface area contributed by atoms with Gasteiger partial charge in [0.05, 0.1) is 11.2 Å². The van der Waals surface area contributed by atoms with Gasteiger partial charge in [-0.15, -0.1) is 0 Å². The second-order valence-electron chi connectivity index (χ2n) is 4.98. The van der Waals surface area contributed by atoms with Gasteiger partial charge in [-0.2, -0.15) is 0 Å². The molecule has 0 bridgehead atoms. The lowest BCUT2D eigenvalue weighted by Crippen LogP contribution is -2.29.